The average molecular weight is 496 g/mol. The van der Waals surface area contributed by atoms with Gasteiger partial charge in [0.2, 0.25) is 0 Å². The molecule has 0 spiro atoms. The average Bonchev–Trinajstić information content (AvgIpc) is 3.01. The molecular formula is C23H30BrNO6. The van der Waals surface area contributed by atoms with Crippen LogP contribution in [0.15, 0.2) is 0 Å². The van der Waals surface area contributed by atoms with Crippen LogP contribution in [0.5, 0.6) is 0 Å². The highest BCUT2D eigenvalue weighted by Crippen LogP contribution is 2.64. The molecule has 0 aliphatic heterocycles. The van der Waals surface area contributed by atoms with Crippen molar-refractivity contribution >= 4 is 33.8 Å². The molecule has 170 valence electrons. The van der Waals surface area contributed by atoms with Crippen LogP contribution in [0.3, 0.4) is 0 Å². The molecule has 2 unspecified atom stereocenters. The monoisotopic (exact) mass is 495 g/mol. The van der Waals surface area contributed by atoms with E-state index in [1.165, 1.54) is 6.42 Å². The number of halogens is 1. The highest BCUT2D eigenvalue weighted by molar-refractivity contribution is 9.10. The van der Waals surface area contributed by atoms with Crippen LogP contribution in [0.2, 0.25) is 0 Å². The minimum Gasteiger partial charge on any atom is -0.462 e. The van der Waals surface area contributed by atoms with Crippen LogP contribution in [0.25, 0.3) is 0 Å². The largest absolute Gasteiger partial charge is 0.462 e. The summed E-state index contributed by atoms with van der Waals surface area (Å²) in [6.07, 6.45) is 6.01. The van der Waals surface area contributed by atoms with E-state index in [9.17, 15) is 14.4 Å². The molecule has 1 aromatic heterocycles. The molecule has 0 aromatic carbocycles. The maximum atomic E-state index is 13.3. The number of carbonyl (C=O) groups excluding carboxylic acids is 3. The van der Waals surface area contributed by atoms with Gasteiger partial charge in [0.25, 0.3) is 0 Å². The second kappa shape index (κ2) is 8.26. The van der Waals surface area contributed by atoms with Crippen molar-refractivity contribution in [2.45, 2.75) is 70.2 Å². The number of aromatic amines is 1. The number of hydrogen-bond acceptors (Lipinski definition) is 6. The quantitative estimate of drug-likeness (QED) is 0.341. The third kappa shape index (κ3) is 4.03. The van der Waals surface area contributed by atoms with Crippen LogP contribution in [-0.2, 0) is 25.6 Å². The Morgan fingerprint density at radius 1 is 1.00 bits per heavy atom. The number of esters is 3. The maximum absolute atomic E-state index is 13.3. The number of aromatic nitrogens is 1. The van der Waals surface area contributed by atoms with Gasteiger partial charge in [-0.3, -0.25) is 4.79 Å². The molecule has 1 aromatic rings. The first-order valence-electron chi connectivity index (χ1n) is 11.1. The smallest absolute Gasteiger partial charge is 0.355 e. The van der Waals surface area contributed by atoms with Crippen molar-refractivity contribution in [2.24, 2.45) is 17.3 Å². The number of H-pyrrole nitrogens is 1. The van der Waals surface area contributed by atoms with Crippen molar-refractivity contribution in [1.29, 1.82) is 0 Å². The second-order valence-electron chi connectivity index (χ2n) is 9.39. The molecule has 31 heavy (non-hydrogen) atoms. The lowest BCUT2D eigenvalue weighted by Crippen LogP contribution is -2.56. The molecule has 4 fully saturated rings. The fourth-order valence-electron chi connectivity index (χ4n) is 6.33. The van der Waals surface area contributed by atoms with E-state index in [1.807, 2.05) is 0 Å². The van der Waals surface area contributed by atoms with Crippen molar-refractivity contribution < 1.29 is 28.6 Å². The molecule has 1 heterocycles. The van der Waals surface area contributed by atoms with Crippen LogP contribution in [0.1, 0.15) is 84.5 Å². The van der Waals surface area contributed by atoms with E-state index < -0.39 is 17.4 Å². The highest BCUT2D eigenvalue weighted by Gasteiger charge is 2.60. The zero-order valence-corrected chi connectivity index (χ0v) is 19.9. The van der Waals surface area contributed by atoms with E-state index in [4.69, 9.17) is 14.2 Å². The lowest BCUT2D eigenvalue weighted by molar-refractivity contribution is -0.171. The topological polar surface area (TPSA) is 94.7 Å². The van der Waals surface area contributed by atoms with Crippen LogP contribution in [-0.4, -0.2) is 40.4 Å². The van der Waals surface area contributed by atoms with Gasteiger partial charge in [0.15, 0.2) is 0 Å². The molecule has 7 nitrogen and oxygen atoms in total. The second-order valence-corrected chi connectivity index (χ2v) is 11.1. The Labute approximate surface area is 190 Å². The van der Waals surface area contributed by atoms with Gasteiger partial charge in [0, 0.05) is 4.32 Å². The Balaban J connectivity index is 1.55. The normalized spacial score (nSPS) is 30.8. The molecule has 4 saturated carbocycles. The predicted octanol–water partition coefficient (Wildman–Crippen LogP) is 4.45. The summed E-state index contributed by atoms with van der Waals surface area (Å²) in [5.41, 5.74) is 0.775. The predicted molar refractivity (Wildman–Crippen MR) is 116 cm³/mol. The van der Waals surface area contributed by atoms with Crippen LogP contribution < -0.4 is 0 Å². The van der Waals surface area contributed by atoms with Crippen molar-refractivity contribution in [2.75, 3.05) is 13.2 Å². The molecule has 0 radical (unpaired) electrons. The molecule has 0 saturated heterocycles. The number of alkyl halides is 1. The summed E-state index contributed by atoms with van der Waals surface area (Å²) in [6.45, 7) is 5.40. The summed E-state index contributed by atoms with van der Waals surface area (Å²) in [4.78, 5) is 41.1. The fourth-order valence-corrected chi connectivity index (χ4v) is 7.79. The summed E-state index contributed by atoms with van der Waals surface area (Å²) in [7, 11) is 0. The molecule has 4 bridgehead atoms. The van der Waals surface area contributed by atoms with Gasteiger partial charge in [0.05, 0.1) is 29.9 Å². The zero-order valence-electron chi connectivity index (χ0n) is 18.3. The molecule has 5 rings (SSSR count). The van der Waals surface area contributed by atoms with E-state index in [-0.39, 0.29) is 41.4 Å². The number of ether oxygens (including phenoxy) is 3. The molecule has 4 aliphatic rings. The minimum atomic E-state index is -0.551. The van der Waals surface area contributed by atoms with E-state index in [0.717, 1.165) is 32.1 Å². The van der Waals surface area contributed by atoms with Crippen molar-refractivity contribution in [3.8, 4) is 0 Å². The number of nitrogens with one attached hydrogen (secondary N) is 1. The van der Waals surface area contributed by atoms with E-state index in [2.05, 4.69) is 20.9 Å². The van der Waals surface area contributed by atoms with Gasteiger partial charge in [-0.15, -0.1) is 0 Å². The summed E-state index contributed by atoms with van der Waals surface area (Å²) in [5.74, 6) is -0.180. The Bertz CT molecular complexity index is 892. The van der Waals surface area contributed by atoms with Gasteiger partial charge in [-0.1, -0.05) is 15.9 Å². The van der Waals surface area contributed by atoms with Crippen LogP contribution >= 0.6 is 15.9 Å². The third-order valence-corrected chi connectivity index (χ3v) is 7.98. The summed E-state index contributed by atoms with van der Waals surface area (Å²) >= 11 is 3.92. The highest BCUT2D eigenvalue weighted by atomic mass is 79.9. The van der Waals surface area contributed by atoms with E-state index >= 15 is 0 Å². The maximum Gasteiger partial charge on any atom is 0.355 e. The number of rotatable bonds is 7. The summed E-state index contributed by atoms with van der Waals surface area (Å²) < 4.78 is 16.1. The Kier molecular flexibility index (Phi) is 5.96. The lowest BCUT2D eigenvalue weighted by Gasteiger charge is -2.58. The molecule has 0 amide bonds. The molecular weight excluding hydrogens is 466 g/mol. The van der Waals surface area contributed by atoms with E-state index in [1.54, 1.807) is 20.8 Å². The number of carbonyl (C=O) groups is 3. The van der Waals surface area contributed by atoms with Crippen molar-refractivity contribution in [3.05, 3.63) is 22.5 Å². The summed E-state index contributed by atoms with van der Waals surface area (Å²) in [6, 6.07) is 0. The fraction of sp³-hybridized carbons (Fsp3) is 0.696. The van der Waals surface area contributed by atoms with Gasteiger partial charge in [-0.2, -0.15) is 0 Å². The van der Waals surface area contributed by atoms with Gasteiger partial charge < -0.3 is 19.2 Å². The SMILES string of the molecule is CCOC(=O)c1[nH]c(COC(=O)C23CC4CC(CC(Br)(C4)C2)C3)c(C(=O)OCC)c1C. The Hall–Kier alpha value is -1.83. The van der Waals surface area contributed by atoms with Crippen LogP contribution in [0.4, 0.5) is 0 Å². The van der Waals surface area contributed by atoms with E-state index in [0.29, 0.717) is 23.1 Å². The molecule has 2 atom stereocenters. The first kappa shape index (κ1) is 22.4. The Morgan fingerprint density at radius 3 is 2.19 bits per heavy atom. The standard InChI is InChI=1S/C23H30BrNO6/c1-4-29-19(26)17-13(3)18(20(27)30-5-2)25-16(17)11-31-21(28)22-7-14-6-15(8-22)10-23(24,9-14)12-22/h14-15,25H,4-12H2,1-3H3. The van der Waals surface area contributed by atoms with Crippen molar-refractivity contribution in [3.63, 3.8) is 0 Å². The van der Waals surface area contributed by atoms with Crippen LogP contribution in [0, 0.1) is 24.2 Å². The number of hydrogen-bond donors (Lipinski definition) is 1. The lowest BCUT2D eigenvalue weighted by atomic mass is 9.49. The van der Waals surface area contributed by atoms with Gasteiger partial charge in [-0.25, -0.2) is 9.59 Å². The molecule has 8 heteroatoms. The summed E-state index contributed by atoms with van der Waals surface area (Å²) in [5, 5.41) is 0. The van der Waals surface area contributed by atoms with Gasteiger partial charge in [0.1, 0.15) is 12.3 Å². The van der Waals surface area contributed by atoms with Gasteiger partial charge >= 0.3 is 17.9 Å². The molecule has 4 aliphatic carbocycles. The molecule has 1 N–H and O–H groups in total. The Morgan fingerprint density at radius 2 is 1.61 bits per heavy atom. The van der Waals surface area contributed by atoms with Crippen molar-refractivity contribution in [1.82, 2.24) is 4.98 Å². The first-order valence-corrected chi connectivity index (χ1v) is 11.9. The zero-order chi connectivity index (χ0) is 22.4. The first-order chi connectivity index (χ1) is 14.7. The van der Waals surface area contributed by atoms with Gasteiger partial charge in [-0.05, 0) is 76.7 Å². The minimum absolute atomic E-state index is 0.0479. The third-order valence-electron chi connectivity index (χ3n) is 7.06.